The molecule has 6 nitrogen and oxygen atoms in total. The molecule has 0 bridgehead atoms. The Hall–Kier alpha value is -2.63. The van der Waals surface area contributed by atoms with Crippen molar-refractivity contribution in [3.63, 3.8) is 0 Å². The first kappa shape index (κ1) is 13.1. The lowest BCUT2D eigenvalue weighted by Gasteiger charge is -2.17. The van der Waals surface area contributed by atoms with Crippen molar-refractivity contribution in [3.8, 4) is 0 Å². The molecule has 0 amide bonds. The van der Waals surface area contributed by atoms with E-state index in [-0.39, 0.29) is 0 Å². The Morgan fingerprint density at radius 3 is 2.68 bits per heavy atom. The molecule has 3 aromatic rings. The van der Waals surface area contributed by atoms with E-state index in [1.165, 1.54) is 43.5 Å². The quantitative estimate of drug-likeness (QED) is 0.774. The molecule has 4 rings (SSSR count). The fourth-order valence-corrected chi connectivity index (χ4v) is 2.88. The van der Waals surface area contributed by atoms with E-state index in [0.29, 0.717) is 5.65 Å². The zero-order valence-corrected chi connectivity index (χ0v) is 12.3. The lowest BCUT2D eigenvalue weighted by molar-refractivity contribution is 0.949. The first-order valence-electron chi connectivity index (χ1n) is 7.62. The second-order valence-corrected chi connectivity index (χ2v) is 5.54. The van der Waals surface area contributed by atoms with Gasteiger partial charge in [-0.05, 0) is 30.5 Å². The number of hydrogen-bond donors (Lipinski definition) is 2. The summed E-state index contributed by atoms with van der Waals surface area (Å²) in [7, 11) is 0. The SMILES string of the molecule is c1nc(NCc2ccc(N3CCCC3)cc2)c2[nH]cnc2n1. The Balaban J connectivity index is 1.46. The molecule has 0 aliphatic carbocycles. The molecule has 1 aliphatic rings. The Morgan fingerprint density at radius 2 is 1.86 bits per heavy atom. The average molecular weight is 294 g/mol. The summed E-state index contributed by atoms with van der Waals surface area (Å²) < 4.78 is 0. The second-order valence-electron chi connectivity index (χ2n) is 5.54. The van der Waals surface area contributed by atoms with E-state index in [1.807, 2.05) is 0 Å². The third-order valence-corrected chi connectivity index (χ3v) is 4.09. The molecule has 0 unspecified atom stereocenters. The lowest BCUT2D eigenvalue weighted by Crippen LogP contribution is -2.17. The molecule has 0 saturated carbocycles. The summed E-state index contributed by atoms with van der Waals surface area (Å²) in [6.45, 7) is 3.08. The van der Waals surface area contributed by atoms with Crippen LogP contribution in [0.2, 0.25) is 0 Å². The van der Waals surface area contributed by atoms with Crippen molar-refractivity contribution >= 4 is 22.7 Å². The zero-order chi connectivity index (χ0) is 14.8. The number of anilines is 2. The van der Waals surface area contributed by atoms with Gasteiger partial charge in [0, 0.05) is 25.3 Å². The Morgan fingerprint density at radius 1 is 1.05 bits per heavy atom. The number of nitrogens with zero attached hydrogens (tertiary/aromatic N) is 4. The van der Waals surface area contributed by atoms with Crippen molar-refractivity contribution < 1.29 is 0 Å². The van der Waals surface area contributed by atoms with Crippen molar-refractivity contribution in [1.82, 2.24) is 19.9 Å². The fourth-order valence-electron chi connectivity index (χ4n) is 2.88. The number of rotatable bonds is 4. The molecule has 22 heavy (non-hydrogen) atoms. The van der Waals surface area contributed by atoms with Gasteiger partial charge in [0.05, 0.1) is 6.33 Å². The molecule has 6 heteroatoms. The fraction of sp³-hybridized carbons (Fsp3) is 0.312. The standard InChI is InChI=1S/C16H18N6/c1-2-8-22(7-1)13-5-3-12(4-6-13)9-17-15-14-16(19-10-18-14)21-11-20-15/h3-6,10-11H,1-2,7-9H2,(H2,17,18,19,20,21). The minimum Gasteiger partial charge on any atom is -0.372 e. The number of benzene rings is 1. The third kappa shape index (κ3) is 2.47. The van der Waals surface area contributed by atoms with Crippen LogP contribution in [0, 0.1) is 0 Å². The summed E-state index contributed by atoms with van der Waals surface area (Å²) in [5.74, 6) is 0.783. The molecule has 0 spiro atoms. The summed E-state index contributed by atoms with van der Waals surface area (Å²) in [5, 5.41) is 3.34. The van der Waals surface area contributed by atoms with E-state index in [4.69, 9.17) is 0 Å². The molecular weight excluding hydrogens is 276 g/mol. The summed E-state index contributed by atoms with van der Waals surface area (Å²) in [4.78, 5) is 18.0. The molecule has 0 atom stereocenters. The van der Waals surface area contributed by atoms with Crippen LogP contribution in [0.5, 0.6) is 0 Å². The minimum absolute atomic E-state index is 0.682. The van der Waals surface area contributed by atoms with Crippen LogP contribution in [-0.2, 0) is 6.54 Å². The topological polar surface area (TPSA) is 69.7 Å². The van der Waals surface area contributed by atoms with Gasteiger partial charge in [-0.3, -0.25) is 0 Å². The molecule has 2 aromatic heterocycles. The van der Waals surface area contributed by atoms with Crippen LogP contribution < -0.4 is 10.2 Å². The summed E-state index contributed by atoms with van der Waals surface area (Å²) >= 11 is 0. The van der Waals surface area contributed by atoms with Crippen molar-refractivity contribution in [2.75, 3.05) is 23.3 Å². The summed E-state index contributed by atoms with van der Waals surface area (Å²) in [6, 6.07) is 8.75. The van der Waals surface area contributed by atoms with E-state index in [1.54, 1.807) is 6.33 Å². The van der Waals surface area contributed by atoms with Crippen LogP contribution >= 0.6 is 0 Å². The highest BCUT2D eigenvalue weighted by molar-refractivity contribution is 5.81. The molecule has 3 heterocycles. The summed E-state index contributed by atoms with van der Waals surface area (Å²) in [6.07, 6.45) is 5.77. The number of imidazole rings is 1. The van der Waals surface area contributed by atoms with Gasteiger partial charge in [0.25, 0.3) is 0 Å². The number of aromatic nitrogens is 4. The van der Waals surface area contributed by atoms with E-state index >= 15 is 0 Å². The largest absolute Gasteiger partial charge is 0.372 e. The van der Waals surface area contributed by atoms with E-state index < -0.39 is 0 Å². The smallest absolute Gasteiger partial charge is 0.182 e. The molecular formula is C16H18N6. The van der Waals surface area contributed by atoms with Gasteiger partial charge in [0.15, 0.2) is 11.5 Å². The Kier molecular flexibility index (Phi) is 3.34. The number of hydrogen-bond acceptors (Lipinski definition) is 5. The van der Waals surface area contributed by atoms with Gasteiger partial charge >= 0.3 is 0 Å². The van der Waals surface area contributed by atoms with Crippen LogP contribution in [-0.4, -0.2) is 33.0 Å². The molecule has 112 valence electrons. The number of H-pyrrole nitrogens is 1. The molecule has 2 N–H and O–H groups in total. The van der Waals surface area contributed by atoms with Gasteiger partial charge < -0.3 is 15.2 Å². The second kappa shape index (κ2) is 5.63. The van der Waals surface area contributed by atoms with Crippen LogP contribution in [0.25, 0.3) is 11.2 Å². The van der Waals surface area contributed by atoms with Crippen molar-refractivity contribution in [2.24, 2.45) is 0 Å². The number of fused-ring (bicyclic) bond motifs is 1. The zero-order valence-electron chi connectivity index (χ0n) is 12.3. The molecule has 1 saturated heterocycles. The molecule has 0 radical (unpaired) electrons. The highest BCUT2D eigenvalue weighted by Crippen LogP contribution is 2.21. The molecule has 1 aliphatic heterocycles. The number of nitrogens with one attached hydrogen (secondary N) is 2. The van der Waals surface area contributed by atoms with Crippen LogP contribution in [0.3, 0.4) is 0 Å². The van der Waals surface area contributed by atoms with Crippen LogP contribution in [0.15, 0.2) is 36.9 Å². The maximum Gasteiger partial charge on any atom is 0.182 e. The average Bonchev–Trinajstić information content (AvgIpc) is 3.24. The van der Waals surface area contributed by atoms with Gasteiger partial charge in [-0.2, -0.15) is 0 Å². The third-order valence-electron chi connectivity index (χ3n) is 4.09. The predicted molar refractivity (Wildman–Crippen MR) is 86.9 cm³/mol. The summed E-state index contributed by atoms with van der Waals surface area (Å²) in [5.41, 5.74) is 4.08. The van der Waals surface area contributed by atoms with Crippen molar-refractivity contribution in [3.05, 3.63) is 42.5 Å². The van der Waals surface area contributed by atoms with Crippen molar-refractivity contribution in [1.29, 1.82) is 0 Å². The maximum absolute atomic E-state index is 4.27. The lowest BCUT2D eigenvalue weighted by atomic mass is 10.2. The minimum atomic E-state index is 0.682. The molecule has 1 fully saturated rings. The van der Waals surface area contributed by atoms with Gasteiger partial charge in [0.1, 0.15) is 11.8 Å². The molecule has 1 aromatic carbocycles. The Bertz CT molecular complexity index is 758. The van der Waals surface area contributed by atoms with E-state index in [0.717, 1.165) is 17.9 Å². The van der Waals surface area contributed by atoms with Gasteiger partial charge in [0.2, 0.25) is 0 Å². The first-order chi connectivity index (χ1) is 10.9. The maximum atomic E-state index is 4.27. The van der Waals surface area contributed by atoms with E-state index in [9.17, 15) is 0 Å². The van der Waals surface area contributed by atoms with Crippen LogP contribution in [0.1, 0.15) is 18.4 Å². The number of aromatic amines is 1. The predicted octanol–water partition coefficient (Wildman–Crippen LogP) is 2.57. The van der Waals surface area contributed by atoms with Gasteiger partial charge in [-0.15, -0.1) is 0 Å². The first-order valence-corrected chi connectivity index (χ1v) is 7.62. The monoisotopic (exact) mass is 294 g/mol. The Labute approximate surface area is 128 Å². The van der Waals surface area contributed by atoms with Crippen LogP contribution in [0.4, 0.5) is 11.5 Å². The van der Waals surface area contributed by atoms with Gasteiger partial charge in [-0.25, -0.2) is 15.0 Å². The normalized spacial score (nSPS) is 14.6. The van der Waals surface area contributed by atoms with Crippen molar-refractivity contribution in [2.45, 2.75) is 19.4 Å². The van der Waals surface area contributed by atoms with Gasteiger partial charge in [-0.1, -0.05) is 12.1 Å². The highest BCUT2D eigenvalue weighted by atomic mass is 15.1. The highest BCUT2D eigenvalue weighted by Gasteiger charge is 2.11. The van der Waals surface area contributed by atoms with E-state index in [2.05, 4.69) is 54.4 Å².